The summed E-state index contributed by atoms with van der Waals surface area (Å²) in [5.74, 6) is 1.11. The largest absolute Gasteiger partial charge is 0.494 e. The average Bonchev–Trinajstić information content (AvgIpc) is 2.99. The fourth-order valence-corrected chi connectivity index (χ4v) is 2.83. The smallest absolute Gasteiger partial charge is 0.243 e. The summed E-state index contributed by atoms with van der Waals surface area (Å²) < 4.78 is 5.79. The first-order chi connectivity index (χ1) is 11.5. The van der Waals surface area contributed by atoms with Gasteiger partial charge in [0.2, 0.25) is 11.0 Å². The number of nitrogens with one attached hydrogen (secondary N) is 1. The molecule has 0 saturated carbocycles. The second-order valence-corrected chi connectivity index (χ2v) is 7.50. The molecule has 1 N–H and O–H groups in total. The van der Waals surface area contributed by atoms with Crippen LogP contribution in [0.5, 0.6) is 5.75 Å². The highest BCUT2D eigenvalue weighted by molar-refractivity contribution is 7.15. The van der Waals surface area contributed by atoms with E-state index < -0.39 is 5.38 Å². The number of rotatable bonds is 8. The molecule has 0 bridgehead atoms. The lowest BCUT2D eigenvalue weighted by molar-refractivity contribution is -0.115. The second kappa shape index (κ2) is 8.99. The number of ether oxygens (including phenoxy) is 1. The van der Waals surface area contributed by atoms with Crippen molar-refractivity contribution in [2.24, 2.45) is 0 Å². The van der Waals surface area contributed by atoms with Crippen LogP contribution in [-0.2, 0) is 11.2 Å². The Morgan fingerprint density at radius 1 is 1.33 bits per heavy atom. The summed E-state index contributed by atoms with van der Waals surface area (Å²) >= 11 is 7.07. The summed E-state index contributed by atoms with van der Waals surface area (Å²) in [5.41, 5.74) is 1.27. The van der Waals surface area contributed by atoms with Crippen molar-refractivity contribution in [3.8, 4) is 5.75 Å². The summed E-state index contributed by atoms with van der Waals surface area (Å²) in [6.45, 7) is 6.55. The molecule has 1 aromatic carbocycles. The molecule has 2 rings (SSSR count). The zero-order chi connectivity index (χ0) is 17.5. The van der Waals surface area contributed by atoms with Gasteiger partial charge in [0.05, 0.1) is 6.61 Å². The second-order valence-electron chi connectivity index (χ2n) is 5.79. The van der Waals surface area contributed by atoms with Crippen LogP contribution in [0.25, 0.3) is 0 Å². The molecule has 24 heavy (non-hydrogen) atoms. The number of carbonyl (C=O) groups excluding carboxylic acids is 1. The van der Waals surface area contributed by atoms with Crippen LogP contribution in [0.3, 0.4) is 0 Å². The summed E-state index contributed by atoms with van der Waals surface area (Å²) in [6, 6.07) is 8.17. The van der Waals surface area contributed by atoms with Crippen LogP contribution < -0.4 is 10.1 Å². The monoisotopic (exact) mass is 367 g/mol. The van der Waals surface area contributed by atoms with E-state index in [4.69, 9.17) is 16.3 Å². The van der Waals surface area contributed by atoms with Gasteiger partial charge in [0.25, 0.3) is 0 Å². The summed E-state index contributed by atoms with van der Waals surface area (Å²) in [4.78, 5) is 11.5. The molecular weight excluding hydrogens is 346 g/mol. The van der Waals surface area contributed by atoms with Gasteiger partial charge in [0.15, 0.2) is 0 Å². The number of hydrogen-bond donors (Lipinski definition) is 1. The third kappa shape index (κ3) is 5.76. The van der Waals surface area contributed by atoms with Crippen LogP contribution in [-0.4, -0.2) is 28.1 Å². The van der Waals surface area contributed by atoms with Crippen molar-refractivity contribution in [3.63, 3.8) is 0 Å². The number of aromatic nitrogens is 2. The summed E-state index contributed by atoms with van der Waals surface area (Å²) in [7, 11) is 0. The minimum absolute atomic E-state index is 0.271. The standard InChI is InChI=1S/C17H22ClN3O2S/c1-11(2)13-6-4-7-14(10-13)23-9-5-8-15-20-21-17(24-15)19-16(22)12(3)18/h4,6-7,10-12H,5,8-9H2,1-3H3,(H,19,21,22). The predicted molar refractivity (Wildman–Crippen MR) is 98.2 cm³/mol. The first-order valence-electron chi connectivity index (χ1n) is 7.95. The van der Waals surface area contributed by atoms with Gasteiger partial charge in [-0.15, -0.1) is 21.8 Å². The van der Waals surface area contributed by atoms with Gasteiger partial charge in [0.1, 0.15) is 16.1 Å². The maximum absolute atomic E-state index is 11.5. The Bertz CT molecular complexity index is 673. The first-order valence-corrected chi connectivity index (χ1v) is 9.21. The Labute approximate surface area is 151 Å². The molecule has 0 aliphatic rings. The van der Waals surface area contributed by atoms with Crippen molar-refractivity contribution in [2.45, 2.75) is 44.9 Å². The number of hydrogen-bond acceptors (Lipinski definition) is 5. The molecule has 0 fully saturated rings. The first kappa shape index (κ1) is 18.7. The van der Waals surface area contributed by atoms with Crippen molar-refractivity contribution >= 4 is 34.0 Å². The predicted octanol–water partition coefficient (Wildman–Crippen LogP) is 4.24. The van der Waals surface area contributed by atoms with E-state index in [9.17, 15) is 4.79 Å². The van der Waals surface area contributed by atoms with Gasteiger partial charge in [-0.2, -0.15) is 0 Å². The molecule has 0 radical (unpaired) electrons. The van der Waals surface area contributed by atoms with Crippen LogP contribution in [0.4, 0.5) is 5.13 Å². The molecule has 1 aromatic heterocycles. The van der Waals surface area contributed by atoms with Gasteiger partial charge in [-0.3, -0.25) is 10.1 Å². The lowest BCUT2D eigenvalue weighted by Crippen LogP contribution is -2.20. The van der Waals surface area contributed by atoms with Crippen LogP contribution in [0.1, 0.15) is 43.7 Å². The molecule has 1 unspecified atom stereocenters. The van der Waals surface area contributed by atoms with Gasteiger partial charge < -0.3 is 4.74 Å². The lowest BCUT2D eigenvalue weighted by Gasteiger charge is -2.09. The van der Waals surface area contributed by atoms with E-state index in [0.29, 0.717) is 17.7 Å². The van der Waals surface area contributed by atoms with E-state index >= 15 is 0 Å². The third-order valence-corrected chi connectivity index (χ3v) is 4.48. The number of amides is 1. The van der Waals surface area contributed by atoms with Gasteiger partial charge >= 0.3 is 0 Å². The molecule has 5 nitrogen and oxygen atoms in total. The molecule has 0 aliphatic heterocycles. The Morgan fingerprint density at radius 3 is 2.83 bits per heavy atom. The molecular formula is C17H22ClN3O2S. The normalized spacial score (nSPS) is 12.2. The Kier molecular flexibility index (Phi) is 6.99. The molecule has 7 heteroatoms. The third-order valence-electron chi connectivity index (χ3n) is 3.39. The minimum Gasteiger partial charge on any atom is -0.494 e. The van der Waals surface area contributed by atoms with Crippen LogP contribution in [0, 0.1) is 0 Å². The van der Waals surface area contributed by atoms with E-state index in [1.165, 1.54) is 16.9 Å². The number of aryl methyl sites for hydroxylation is 1. The van der Waals surface area contributed by atoms with E-state index in [2.05, 4.69) is 41.5 Å². The molecule has 2 aromatic rings. The van der Waals surface area contributed by atoms with Crippen LogP contribution >= 0.6 is 22.9 Å². The van der Waals surface area contributed by atoms with E-state index in [-0.39, 0.29) is 5.91 Å². The number of carbonyl (C=O) groups is 1. The summed E-state index contributed by atoms with van der Waals surface area (Å²) in [6.07, 6.45) is 1.59. The van der Waals surface area contributed by atoms with Crippen molar-refractivity contribution in [2.75, 3.05) is 11.9 Å². The van der Waals surface area contributed by atoms with Gasteiger partial charge in [-0.05, 0) is 37.0 Å². The zero-order valence-corrected chi connectivity index (χ0v) is 15.7. The fourth-order valence-electron chi connectivity index (χ4n) is 1.99. The van der Waals surface area contributed by atoms with Gasteiger partial charge in [-0.1, -0.05) is 37.3 Å². The molecule has 130 valence electrons. The van der Waals surface area contributed by atoms with Crippen molar-refractivity contribution in [1.29, 1.82) is 0 Å². The maximum Gasteiger partial charge on any atom is 0.243 e. The van der Waals surface area contributed by atoms with Crippen molar-refractivity contribution < 1.29 is 9.53 Å². The zero-order valence-electron chi connectivity index (χ0n) is 14.1. The number of nitrogens with zero attached hydrogens (tertiary/aromatic N) is 2. The van der Waals surface area contributed by atoms with Gasteiger partial charge in [0, 0.05) is 6.42 Å². The van der Waals surface area contributed by atoms with E-state index in [1.54, 1.807) is 6.92 Å². The SMILES string of the molecule is CC(Cl)C(=O)Nc1nnc(CCCOc2cccc(C(C)C)c2)s1. The highest BCUT2D eigenvalue weighted by Gasteiger charge is 2.12. The Balaban J connectivity index is 1.76. The maximum atomic E-state index is 11.5. The molecule has 0 aliphatic carbocycles. The highest BCUT2D eigenvalue weighted by Crippen LogP contribution is 2.21. The summed E-state index contributed by atoms with van der Waals surface area (Å²) in [5, 5.41) is 11.4. The van der Waals surface area contributed by atoms with Crippen LogP contribution in [0.2, 0.25) is 0 Å². The van der Waals surface area contributed by atoms with Crippen molar-refractivity contribution in [3.05, 3.63) is 34.8 Å². The number of alkyl halides is 1. The van der Waals surface area contributed by atoms with Crippen LogP contribution in [0.15, 0.2) is 24.3 Å². The van der Waals surface area contributed by atoms with Crippen molar-refractivity contribution in [1.82, 2.24) is 10.2 Å². The molecule has 0 saturated heterocycles. The molecule has 1 atom stereocenters. The topological polar surface area (TPSA) is 64.1 Å². The minimum atomic E-state index is -0.590. The quantitative estimate of drug-likeness (QED) is 0.560. The number of benzene rings is 1. The van der Waals surface area contributed by atoms with Gasteiger partial charge in [-0.25, -0.2) is 0 Å². The number of anilines is 1. The lowest BCUT2D eigenvalue weighted by atomic mass is 10.0. The Morgan fingerprint density at radius 2 is 2.12 bits per heavy atom. The number of halogens is 1. The van der Waals surface area contributed by atoms with E-state index in [1.807, 2.05) is 12.1 Å². The highest BCUT2D eigenvalue weighted by atomic mass is 35.5. The molecule has 0 spiro atoms. The fraction of sp³-hybridized carbons (Fsp3) is 0.471. The molecule has 1 heterocycles. The Hall–Kier alpha value is -1.66. The van der Waals surface area contributed by atoms with E-state index in [0.717, 1.165) is 23.6 Å². The average molecular weight is 368 g/mol. The molecule has 1 amide bonds.